The molecule has 0 spiro atoms. The maximum Gasteiger partial charge on any atom is 0.274 e. The van der Waals surface area contributed by atoms with Crippen molar-refractivity contribution in [2.45, 2.75) is 6.92 Å². The highest BCUT2D eigenvalue weighted by atomic mass is 32.2. The summed E-state index contributed by atoms with van der Waals surface area (Å²) in [5.41, 5.74) is 4.25. The number of carbonyl (C=O) groups excluding carboxylic acids is 2. The van der Waals surface area contributed by atoms with E-state index in [1.807, 2.05) is 24.3 Å². The molecule has 162 valence electrons. The van der Waals surface area contributed by atoms with Crippen molar-refractivity contribution in [2.24, 2.45) is 7.05 Å². The molecule has 0 saturated carbocycles. The summed E-state index contributed by atoms with van der Waals surface area (Å²) < 4.78 is 4.80. The van der Waals surface area contributed by atoms with Crippen LogP contribution in [0.2, 0.25) is 0 Å². The number of pyridine rings is 1. The van der Waals surface area contributed by atoms with E-state index in [1.54, 1.807) is 55.5 Å². The van der Waals surface area contributed by atoms with Crippen LogP contribution < -0.4 is 15.6 Å². The molecule has 0 saturated heterocycles. The molecule has 7 nitrogen and oxygen atoms in total. The summed E-state index contributed by atoms with van der Waals surface area (Å²) in [6.45, 7) is 2.07. The molecule has 0 radical (unpaired) electrons. The predicted octanol–water partition coefficient (Wildman–Crippen LogP) is 4.68. The third-order valence-corrected chi connectivity index (χ3v) is 5.69. The number of H-pyrrole nitrogens is 1. The Morgan fingerprint density at radius 3 is 2.62 bits per heavy atom. The smallest absolute Gasteiger partial charge is 0.274 e. The van der Waals surface area contributed by atoms with Crippen LogP contribution in [0, 0.1) is 0 Å². The topological polar surface area (TPSA) is 96.0 Å². The van der Waals surface area contributed by atoms with Crippen molar-refractivity contribution < 1.29 is 9.59 Å². The molecule has 0 aliphatic rings. The molecule has 0 aliphatic carbocycles. The minimum atomic E-state index is -0.372. The lowest BCUT2D eigenvalue weighted by Gasteiger charge is -2.09. The molecule has 4 rings (SSSR count). The first-order valence-electron chi connectivity index (χ1n) is 10.1. The molecule has 8 heteroatoms. The molecular formula is C24H22N4O3S. The van der Waals surface area contributed by atoms with Crippen molar-refractivity contribution in [1.82, 2.24) is 9.55 Å². The van der Waals surface area contributed by atoms with Gasteiger partial charge in [0, 0.05) is 46.9 Å². The number of aldehydes is 1. The van der Waals surface area contributed by atoms with Gasteiger partial charge in [-0.3, -0.25) is 14.4 Å². The van der Waals surface area contributed by atoms with Gasteiger partial charge in [-0.05, 0) is 48.0 Å². The highest BCUT2D eigenvalue weighted by molar-refractivity contribution is 8.00. The Morgan fingerprint density at radius 1 is 1.12 bits per heavy atom. The first-order chi connectivity index (χ1) is 15.5. The Labute approximate surface area is 189 Å². The Balaban J connectivity index is 1.73. The van der Waals surface area contributed by atoms with Crippen molar-refractivity contribution >= 4 is 46.4 Å². The van der Waals surface area contributed by atoms with Crippen molar-refractivity contribution in [3.8, 4) is 11.1 Å². The molecule has 1 amide bonds. The van der Waals surface area contributed by atoms with E-state index in [4.69, 9.17) is 0 Å². The van der Waals surface area contributed by atoms with Crippen LogP contribution in [0.4, 0.5) is 11.4 Å². The van der Waals surface area contributed by atoms with Crippen LogP contribution in [0.25, 0.3) is 22.0 Å². The van der Waals surface area contributed by atoms with E-state index in [0.29, 0.717) is 22.2 Å². The second kappa shape index (κ2) is 9.15. The molecule has 4 aromatic rings. The van der Waals surface area contributed by atoms with Crippen LogP contribution in [0.1, 0.15) is 27.8 Å². The highest BCUT2D eigenvalue weighted by Gasteiger charge is 2.16. The minimum absolute atomic E-state index is 0.214. The van der Waals surface area contributed by atoms with Gasteiger partial charge in [-0.25, -0.2) is 0 Å². The fraction of sp³-hybridized carbons (Fsp3) is 0.125. The Morgan fingerprint density at radius 2 is 1.91 bits per heavy atom. The van der Waals surface area contributed by atoms with E-state index in [9.17, 15) is 14.4 Å². The molecule has 0 bridgehead atoms. The number of hydrogen-bond donors (Lipinski definition) is 3. The lowest BCUT2D eigenvalue weighted by molar-refractivity contribution is 0.102. The molecule has 0 unspecified atom stereocenters. The van der Waals surface area contributed by atoms with Crippen molar-refractivity contribution in [3.63, 3.8) is 0 Å². The number of rotatable bonds is 7. The van der Waals surface area contributed by atoms with Crippen LogP contribution in [0.5, 0.6) is 0 Å². The zero-order valence-corrected chi connectivity index (χ0v) is 18.5. The van der Waals surface area contributed by atoms with E-state index < -0.39 is 0 Å². The fourth-order valence-electron chi connectivity index (χ4n) is 3.44. The number of nitrogens with one attached hydrogen (secondary N) is 3. The van der Waals surface area contributed by atoms with E-state index >= 15 is 0 Å². The van der Waals surface area contributed by atoms with Crippen LogP contribution in [0.15, 0.2) is 65.6 Å². The average Bonchev–Trinajstić information content (AvgIpc) is 3.27. The second-order valence-corrected chi connectivity index (χ2v) is 8.31. The largest absolute Gasteiger partial charge is 0.346 e. The molecule has 0 aliphatic heterocycles. The Bertz CT molecular complexity index is 1360. The first-order valence-corrected chi connectivity index (χ1v) is 11.1. The monoisotopic (exact) mass is 446 g/mol. The molecule has 0 fully saturated rings. The SMILES string of the molecule is CCSNc1cccc(-c2cn(C)c(=O)c3[nH]c(C(=O)Nc4ccc(C=O)cc4)cc23)c1. The predicted molar refractivity (Wildman–Crippen MR) is 131 cm³/mol. The number of fused-ring (bicyclic) bond motifs is 1. The second-order valence-electron chi connectivity index (χ2n) is 7.24. The van der Waals surface area contributed by atoms with Gasteiger partial charge in [-0.1, -0.05) is 31.0 Å². The third-order valence-electron chi connectivity index (χ3n) is 5.02. The summed E-state index contributed by atoms with van der Waals surface area (Å²) in [6.07, 6.45) is 2.52. The summed E-state index contributed by atoms with van der Waals surface area (Å²) in [5, 5.41) is 3.46. The number of anilines is 2. The highest BCUT2D eigenvalue weighted by Crippen LogP contribution is 2.30. The third kappa shape index (κ3) is 4.31. The number of aromatic nitrogens is 2. The van der Waals surface area contributed by atoms with E-state index in [0.717, 1.165) is 28.9 Å². The number of amides is 1. The van der Waals surface area contributed by atoms with Gasteiger partial charge >= 0.3 is 0 Å². The minimum Gasteiger partial charge on any atom is -0.346 e. The lowest BCUT2D eigenvalue weighted by Crippen LogP contribution is -2.17. The number of hydrogen-bond acceptors (Lipinski definition) is 5. The molecule has 2 aromatic carbocycles. The summed E-state index contributed by atoms with van der Waals surface area (Å²) >= 11 is 1.60. The van der Waals surface area contributed by atoms with Crippen molar-refractivity contribution in [1.29, 1.82) is 0 Å². The zero-order valence-electron chi connectivity index (χ0n) is 17.6. The van der Waals surface area contributed by atoms with Crippen LogP contribution in [0.3, 0.4) is 0 Å². The molecule has 0 atom stereocenters. The van der Waals surface area contributed by atoms with Gasteiger partial charge in [-0.2, -0.15) is 0 Å². The maximum absolute atomic E-state index is 12.8. The standard InChI is InChI=1S/C24H22N4O3S/c1-3-32-27-18-6-4-5-16(11-18)20-13-28(2)24(31)22-19(20)12-21(26-22)23(30)25-17-9-7-15(14-29)8-10-17/h4-14,26-27H,3H2,1-2H3,(H,25,30). The quantitative estimate of drug-likeness (QED) is 0.283. The maximum atomic E-state index is 12.8. The normalized spacial score (nSPS) is 10.8. The van der Waals surface area contributed by atoms with E-state index in [1.165, 1.54) is 4.57 Å². The number of carbonyl (C=O) groups is 2. The summed E-state index contributed by atoms with van der Waals surface area (Å²) in [7, 11) is 1.69. The van der Waals surface area contributed by atoms with Gasteiger partial charge in [0.1, 0.15) is 17.5 Å². The molecular weight excluding hydrogens is 424 g/mol. The van der Waals surface area contributed by atoms with Crippen molar-refractivity contribution in [3.05, 3.63) is 82.4 Å². The number of benzene rings is 2. The Kier molecular flexibility index (Phi) is 6.13. The number of aryl methyl sites for hydroxylation is 1. The van der Waals surface area contributed by atoms with Gasteiger partial charge in [0.2, 0.25) is 0 Å². The summed E-state index contributed by atoms with van der Waals surface area (Å²) in [6, 6.07) is 16.2. The van der Waals surface area contributed by atoms with E-state index in [-0.39, 0.29) is 17.2 Å². The van der Waals surface area contributed by atoms with Gasteiger partial charge in [0.05, 0.1) is 0 Å². The Hall–Kier alpha value is -3.78. The van der Waals surface area contributed by atoms with Crippen molar-refractivity contribution in [2.75, 3.05) is 15.8 Å². The number of nitrogens with zero attached hydrogens (tertiary/aromatic N) is 1. The fourth-order valence-corrected chi connectivity index (χ4v) is 3.87. The molecule has 32 heavy (non-hydrogen) atoms. The lowest BCUT2D eigenvalue weighted by atomic mass is 10.0. The average molecular weight is 447 g/mol. The summed E-state index contributed by atoms with van der Waals surface area (Å²) in [5.74, 6) is 0.561. The first kappa shape index (κ1) is 21.5. The van der Waals surface area contributed by atoms with Crippen LogP contribution in [-0.2, 0) is 7.05 Å². The molecule has 3 N–H and O–H groups in total. The van der Waals surface area contributed by atoms with Gasteiger partial charge < -0.3 is 19.6 Å². The van der Waals surface area contributed by atoms with Gasteiger partial charge in [-0.15, -0.1) is 0 Å². The number of aromatic amines is 1. The van der Waals surface area contributed by atoms with Crippen LogP contribution >= 0.6 is 11.9 Å². The van der Waals surface area contributed by atoms with E-state index in [2.05, 4.69) is 21.9 Å². The van der Waals surface area contributed by atoms with Gasteiger partial charge in [0.25, 0.3) is 11.5 Å². The zero-order chi connectivity index (χ0) is 22.7. The molecule has 2 aromatic heterocycles. The molecule has 2 heterocycles. The summed E-state index contributed by atoms with van der Waals surface area (Å²) in [4.78, 5) is 39.4. The van der Waals surface area contributed by atoms with Crippen LogP contribution in [-0.4, -0.2) is 27.5 Å². The van der Waals surface area contributed by atoms with Gasteiger partial charge in [0.15, 0.2) is 0 Å².